The molecule has 0 aliphatic heterocycles. The number of hydrogen-bond donors (Lipinski definition) is 2. The number of nitrogens with one attached hydrogen (secondary N) is 1. The molecule has 0 amide bonds. The zero-order valence-corrected chi connectivity index (χ0v) is 19.6. The van der Waals surface area contributed by atoms with E-state index in [1.54, 1.807) is 6.92 Å². The monoisotopic (exact) mass is 415 g/mol. The van der Waals surface area contributed by atoms with Crippen LogP contribution in [0, 0.1) is 12.8 Å². The van der Waals surface area contributed by atoms with E-state index in [4.69, 9.17) is 9.47 Å². The number of allylic oxidation sites excluding steroid dienone is 6. The second-order valence-electron chi connectivity index (χ2n) is 7.73. The SMILES string of the molecule is C/C=C(\C)C(O)C(C)/C=C/C(C)=C/C/C(C)=C/Cc1[nH]c(OC)c(OC)c(=O)c1C. The van der Waals surface area contributed by atoms with Gasteiger partial charge in [0.2, 0.25) is 17.1 Å². The third-order valence-electron chi connectivity index (χ3n) is 5.36. The topological polar surface area (TPSA) is 71.6 Å². The molecule has 0 fully saturated rings. The lowest BCUT2D eigenvalue weighted by atomic mass is 9.97. The minimum absolute atomic E-state index is 0.0611. The first-order valence-electron chi connectivity index (χ1n) is 10.3. The molecule has 0 spiro atoms. The van der Waals surface area contributed by atoms with Crippen LogP contribution < -0.4 is 14.9 Å². The quantitative estimate of drug-likeness (QED) is 0.415. The van der Waals surface area contributed by atoms with Gasteiger partial charge in [0.15, 0.2) is 0 Å². The number of methoxy groups -OCH3 is 2. The van der Waals surface area contributed by atoms with Gasteiger partial charge >= 0.3 is 0 Å². The molecule has 0 radical (unpaired) electrons. The summed E-state index contributed by atoms with van der Waals surface area (Å²) < 4.78 is 10.4. The van der Waals surface area contributed by atoms with E-state index in [-0.39, 0.29) is 17.1 Å². The Labute approximate surface area is 180 Å². The summed E-state index contributed by atoms with van der Waals surface area (Å²) in [6.07, 6.45) is 11.3. The van der Waals surface area contributed by atoms with Crippen LogP contribution in [-0.2, 0) is 6.42 Å². The lowest BCUT2D eigenvalue weighted by molar-refractivity contribution is 0.173. The zero-order chi connectivity index (χ0) is 22.8. The van der Waals surface area contributed by atoms with Crippen LogP contribution in [0.15, 0.2) is 51.9 Å². The number of aromatic nitrogens is 1. The van der Waals surface area contributed by atoms with E-state index in [9.17, 15) is 9.90 Å². The van der Waals surface area contributed by atoms with Crippen molar-refractivity contribution in [3.05, 3.63) is 68.6 Å². The molecule has 0 bridgehead atoms. The fraction of sp³-hybridized carbons (Fsp3) is 0.480. The van der Waals surface area contributed by atoms with Crippen LogP contribution in [0.1, 0.15) is 52.3 Å². The van der Waals surface area contributed by atoms with Gasteiger partial charge in [-0.05, 0) is 46.6 Å². The van der Waals surface area contributed by atoms with Crippen LogP contribution in [0.25, 0.3) is 0 Å². The molecule has 1 aromatic heterocycles. The first-order chi connectivity index (χ1) is 14.2. The number of H-pyrrole nitrogens is 1. The molecular formula is C25H37NO4. The molecule has 1 heterocycles. The maximum Gasteiger partial charge on any atom is 0.238 e. The highest BCUT2D eigenvalue weighted by Gasteiger charge is 2.15. The van der Waals surface area contributed by atoms with Crippen LogP contribution >= 0.6 is 0 Å². The van der Waals surface area contributed by atoms with Crippen molar-refractivity contribution in [2.75, 3.05) is 14.2 Å². The summed E-state index contributed by atoms with van der Waals surface area (Å²) >= 11 is 0. The number of hydrogen-bond acceptors (Lipinski definition) is 4. The molecule has 0 saturated carbocycles. The summed E-state index contributed by atoms with van der Waals surface area (Å²) in [4.78, 5) is 15.6. The maximum absolute atomic E-state index is 12.4. The van der Waals surface area contributed by atoms with E-state index in [0.717, 1.165) is 23.3 Å². The molecular weight excluding hydrogens is 378 g/mol. The lowest BCUT2D eigenvalue weighted by Crippen LogP contribution is -2.16. The summed E-state index contributed by atoms with van der Waals surface area (Å²) in [7, 11) is 2.97. The van der Waals surface area contributed by atoms with Gasteiger partial charge in [0.05, 0.1) is 20.3 Å². The van der Waals surface area contributed by atoms with Crippen LogP contribution in [0.3, 0.4) is 0 Å². The largest absolute Gasteiger partial charge is 0.488 e. The number of aromatic amines is 1. The highest BCUT2D eigenvalue weighted by Crippen LogP contribution is 2.22. The highest BCUT2D eigenvalue weighted by atomic mass is 16.5. The lowest BCUT2D eigenvalue weighted by Gasteiger charge is -2.16. The van der Waals surface area contributed by atoms with Crippen molar-refractivity contribution in [1.82, 2.24) is 4.98 Å². The van der Waals surface area contributed by atoms with E-state index in [1.807, 2.05) is 32.9 Å². The van der Waals surface area contributed by atoms with Gasteiger partial charge < -0.3 is 19.6 Å². The minimum atomic E-state index is -0.451. The molecule has 5 heteroatoms. The first-order valence-corrected chi connectivity index (χ1v) is 10.3. The molecule has 2 atom stereocenters. The maximum atomic E-state index is 12.4. The van der Waals surface area contributed by atoms with Crippen LogP contribution in [0.5, 0.6) is 11.6 Å². The third-order valence-corrected chi connectivity index (χ3v) is 5.36. The summed E-state index contributed by atoms with van der Waals surface area (Å²) in [6, 6.07) is 0. The van der Waals surface area contributed by atoms with Crippen molar-refractivity contribution in [3.8, 4) is 11.6 Å². The van der Waals surface area contributed by atoms with E-state index in [1.165, 1.54) is 19.8 Å². The van der Waals surface area contributed by atoms with Crippen molar-refractivity contribution >= 4 is 0 Å². The molecule has 1 rings (SSSR count). The fourth-order valence-corrected chi connectivity index (χ4v) is 2.98. The predicted molar refractivity (Wildman–Crippen MR) is 124 cm³/mol. The van der Waals surface area contributed by atoms with Crippen molar-refractivity contribution < 1.29 is 14.6 Å². The van der Waals surface area contributed by atoms with Crippen LogP contribution in [-0.4, -0.2) is 30.4 Å². The average molecular weight is 416 g/mol. The van der Waals surface area contributed by atoms with E-state index < -0.39 is 6.10 Å². The summed E-state index contributed by atoms with van der Waals surface area (Å²) in [5, 5.41) is 10.2. The van der Waals surface area contributed by atoms with E-state index in [2.05, 4.69) is 37.1 Å². The van der Waals surface area contributed by atoms with Crippen molar-refractivity contribution in [2.24, 2.45) is 5.92 Å². The summed E-state index contributed by atoms with van der Waals surface area (Å²) in [5.41, 5.74) is 4.64. The van der Waals surface area contributed by atoms with E-state index in [0.29, 0.717) is 17.9 Å². The Balaban J connectivity index is 2.82. The number of pyridine rings is 1. The standard InChI is InChI=1S/C25H37NO4/c1-9-18(4)22(27)19(5)14-12-16(2)10-11-17(3)13-15-21-20(6)23(28)24(29-7)25(26-21)30-8/h9-10,12-14,19,22,27H,11,15H2,1-8H3,(H,26,28)/b14-12+,16-10+,17-13+,18-9+. The normalized spacial score (nSPS) is 15.4. The molecule has 2 unspecified atom stereocenters. The molecule has 0 aliphatic carbocycles. The Morgan fingerprint density at radius 2 is 1.83 bits per heavy atom. The van der Waals surface area contributed by atoms with Gasteiger partial charge in [-0.2, -0.15) is 0 Å². The number of aliphatic hydroxyl groups is 1. The number of aliphatic hydroxyl groups excluding tert-OH is 1. The van der Waals surface area contributed by atoms with Gasteiger partial charge in [0.25, 0.3) is 0 Å². The van der Waals surface area contributed by atoms with Crippen LogP contribution in [0.2, 0.25) is 0 Å². The fourth-order valence-electron chi connectivity index (χ4n) is 2.98. The van der Waals surface area contributed by atoms with Gasteiger partial charge in [0.1, 0.15) is 0 Å². The van der Waals surface area contributed by atoms with Gasteiger partial charge in [-0.15, -0.1) is 0 Å². The van der Waals surface area contributed by atoms with Gasteiger partial charge in [-0.3, -0.25) is 4.79 Å². The molecule has 2 N–H and O–H groups in total. The second kappa shape index (κ2) is 12.2. The van der Waals surface area contributed by atoms with Crippen molar-refractivity contribution in [2.45, 2.75) is 60.5 Å². The highest BCUT2D eigenvalue weighted by molar-refractivity contribution is 5.40. The van der Waals surface area contributed by atoms with Crippen molar-refractivity contribution in [1.29, 1.82) is 0 Å². The molecule has 0 aromatic carbocycles. The Hall–Kier alpha value is -2.53. The van der Waals surface area contributed by atoms with Crippen LogP contribution in [0.4, 0.5) is 0 Å². The molecule has 1 aromatic rings. The van der Waals surface area contributed by atoms with Gasteiger partial charge in [0, 0.05) is 23.6 Å². The zero-order valence-electron chi connectivity index (χ0n) is 19.6. The Kier molecular flexibility index (Phi) is 10.4. The predicted octanol–water partition coefficient (Wildman–Crippen LogP) is 5.05. The average Bonchev–Trinajstić information content (AvgIpc) is 2.75. The minimum Gasteiger partial charge on any atom is -0.488 e. The third kappa shape index (κ3) is 7.06. The molecule has 30 heavy (non-hydrogen) atoms. The summed E-state index contributed by atoms with van der Waals surface area (Å²) in [5.74, 6) is 0.610. The Bertz CT molecular complexity index is 887. The molecule has 5 nitrogen and oxygen atoms in total. The Morgan fingerprint density at radius 1 is 1.17 bits per heavy atom. The number of rotatable bonds is 10. The van der Waals surface area contributed by atoms with Crippen molar-refractivity contribution in [3.63, 3.8) is 0 Å². The van der Waals surface area contributed by atoms with Gasteiger partial charge in [-0.1, -0.05) is 48.5 Å². The second-order valence-corrected chi connectivity index (χ2v) is 7.73. The number of ether oxygens (including phenoxy) is 2. The molecule has 0 aliphatic rings. The van der Waals surface area contributed by atoms with E-state index >= 15 is 0 Å². The van der Waals surface area contributed by atoms with Gasteiger partial charge in [-0.25, -0.2) is 0 Å². The first kappa shape index (κ1) is 25.5. The molecule has 0 saturated heterocycles. The Morgan fingerprint density at radius 3 is 2.40 bits per heavy atom. The summed E-state index contributed by atoms with van der Waals surface area (Å²) in [6.45, 7) is 11.8. The molecule has 166 valence electrons. The smallest absolute Gasteiger partial charge is 0.238 e.